The van der Waals surface area contributed by atoms with E-state index in [9.17, 15) is 0 Å². The Bertz CT molecular complexity index is 1140. The van der Waals surface area contributed by atoms with Gasteiger partial charge in [0, 0.05) is 41.0 Å². The fourth-order valence-corrected chi connectivity index (χ4v) is 5.02. The Morgan fingerprint density at radius 2 is 2.07 bits per heavy atom. The van der Waals surface area contributed by atoms with Crippen molar-refractivity contribution < 1.29 is 4.74 Å². The average molecular weight is 388 g/mol. The van der Waals surface area contributed by atoms with Crippen LogP contribution in [0.3, 0.4) is 0 Å². The monoisotopic (exact) mass is 387 g/mol. The Kier molecular flexibility index (Phi) is 4.34. The van der Waals surface area contributed by atoms with Gasteiger partial charge in [0.05, 0.1) is 12.8 Å². The average Bonchev–Trinajstić information content (AvgIpc) is 3.20. The molecule has 2 aromatic heterocycles. The van der Waals surface area contributed by atoms with Gasteiger partial charge in [0.2, 0.25) is 0 Å². The molecule has 0 N–H and O–H groups in total. The topological polar surface area (TPSA) is 38.3 Å². The highest BCUT2D eigenvalue weighted by atomic mass is 32.1. The Morgan fingerprint density at radius 1 is 1.14 bits per heavy atom. The molecule has 0 bridgehead atoms. The number of hydrogen-bond acceptors (Lipinski definition) is 5. The highest BCUT2D eigenvalue weighted by molar-refractivity contribution is 7.17. The molecule has 0 saturated heterocycles. The summed E-state index contributed by atoms with van der Waals surface area (Å²) < 4.78 is 7.24. The molecule has 4 aromatic rings. The lowest BCUT2D eigenvalue weighted by Crippen LogP contribution is -2.31. The van der Waals surface area contributed by atoms with Gasteiger partial charge in [0.25, 0.3) is 0 Å². The van der Waals surface area contributed by atoms with Crippen LogP contribution in [-0.2, 0) is 6.54 Å². The van der Waals surface area contributed by atoms with Gasteiger partial charge in [-0.15, -0.1) is 11.3 Å². The van der Waals surface area contributed by atoms with Crippen molar-refractivity contribution in [2.45, 2.75) is 12.5 Å². The smallest absolute Gasteiger partial charge is 0.133 e. The van der Waals surface area contributed by atoms with Crippen LogP contribution in [0, 0.1) is 0 Å². The van der Waals surface area contributed by atoms with Crippen molar-refractivity contribution in [3.63, 3.8) is 0 Å². The molecule has 1 unspecified atom stereocenters. The lowest BCUT2D eigenvalue weighted by molar-refractivity contribution is 0.286. The summed E-state index contributed by atoms with van der Waals surface area (Å²) in [5, 5.41) is 3.48. The quantitative estimate of drug-likeness (QED) is 0.499. The van der Waals surface area contributed by atoms with Crippen LogP contribution in [0.5, 0.6) is 5.75 Å². The van der Waals surface area contributed by atoms with Crippen LogP contribution in [-0.4, -0.2) is 35.6 Å². The summed E-state index contributed by atoms with van der Waals surface area (Å²) >= 11 is 1.79. The second-order valence-electron chi connectivity index (χ2n) is 7.28. The van der Waals surface area contributed by atoms with E-state index in [1.54, 1.807) is 31.0 Å². The number of rotatable bonds is 3. The molecule has 0 fully saturated rings. The summed E-state index contributed by atoms with van der Waals surface area (Å²) in [6.07, 6.45) is 3.35. The first-order chi connectivity index (χ1) is 13.7. The third kappa shape index (κ3) is 2.87. The molecule has 4 nitrogen and oxygen atoms in total. The number of benzene rings is 2. The van der Waals surface area contributed by atoms with Gasteiger partial charge in [-0.1, -0.05) is 12.1 Å². The van der Waals surface area contributed by atoms with Gasteiger partial charge in [0.1, 0.15) is 12.1 Å². The van der Waals surface area contributed by atoms with Crippen LogP contribution >= 0.6 is 11.3 Å². The minimum Gasteiger partial charge on any atom is -0.496 e. The van der Waals surface area contributed by atoms with E-state index in [-0.39, 0.29) is 0 Å². The lowest BCUT2D eigenvalue weighted by atomic mass is 9.83. The van der Waals surface area contributed by atoms with E-state index in [0.29, 0.717) is 5.92 Å². The van der Waals surface area contributed by atoms with Crippen LogP contribution in [0.4, 0.5) is 0 Å². The largest absolute Gasteiger partial charge is 0.496 e. The van der Waals surface area contributed by atoms with Crippen molar-refractivity contribution in [1.29, 1.82) is 0 Å². The first kappa shape index (κ1) is 17.3. The summed E-state index contributed by atoms with van der Waals surface area (Å²) in [6, 6.07) is 15.4. The van der Waals surface area contributed by atoms with Crippen molar-refractivity contribution in [1.82, 2.24) is 14.9 Å². The third-order valence-electron chi connectivity index (χ3n) is 5.54. The molecule has 1 atom stereocenters. The van der Waals surface area contributed by atoms with Crippen LogP contribution in [0.25, 0.3) is 21.3 Å². The molecule has 0 saturated carbocycles. The molecule has 0 spiro atoms. The maximum atomic E-state index is 5.90. The number of ether oxygens (including phenoxy) is 1. The number of aromatic nitrogens is 2. The Labute approximate surface area is 168 Å². The van der Waals surface area contributed by atoms with E-state index in [1.165, 1.54) is 26.8 Å². The van der Waals surface area contributed by atoms with Crippen molar-refractivity contribution in [3.05, 3.63) is 77.1 Å². The zero-order chi connectivity index (χ0) is 19.1. The maximum Gasteiger partial charge on any atom is 0.133 e. The van der Waals surface area contributed by atoms with Gasteiger partial charge in [-0.05, 0) is 59.3 Å². The fraction of sp³-hybridized carbons (Fsp3) is 0.217. The minimum absolute atomic E-state index is 0.325. The molecule has 0 aliphatic carbocycles. The number of hydrogen-bond donors (Lipinski definition) is 0. The highest BCUT2D eigenvalue weighted by Gasteiger charge is 2.29. The second-order valence-corrected chi connectivity index (χ2v) is 8.22. The molecular formula is C23H21N3OS. The standard InChI is InChI=1S/C23H21N3OS/c1-26-12-19(15-3-6-22-16(11-15)8-10-28-22)17-4-5-18(21-7-9-24-14-25-21)23(27-2)20(17)13-26/h3-11,14,19H,12-13H2,1-2H3. The van der Waals surface area contributed by atoms with E-state index in [0.717, 1.165) is 30.1 Å². The predicted molar refractivity (Wildman–Crippen MR) is 114 cm³/mol. The number of methoxy groups -OCH3 is 1. The van der Waals surface area contributed by atoms with Gasteiger partial charge in [0.15, 0.2) is 0 Å². The molecule has 3 heterocycles. The molecule has 2 aromatic carbocycles. The van der Waals surface area contributed by atoms with Gasteiger partial charge in [-0.25, -0.2) is 9.97 Å². The number of nitrogens with zero attached hydrogens (tertiary/aromatic N) is 3. The molecule has 0 radical (unpaired) electrons. The van der Waals surface area contributed by atoms with E-state index in [1.807, 2.05) is 6.07 Å². The first-order valence-electron chi connectivity index (χ1n) is 9.36. The molecule has 28 heavy (non-hydrogen) atoms. The van der Waals surface area contributed by atoms with Gasteiger partial charge >= 0.3 is 0 Å². The van der Waals surface area contributed by atoms with E-state index in [2.05, 4.69) is 63.7 Å². The highest BCUT2D eigenvalue weighted by Crippen LogP contribution is 2.42. The summed E-state index contributed by atoms with van der Waals surface area (Å²) in [4.78, 5) is 10.8. The van der Waals surface area contributed by atoms with Crippen LogP contribution in [0.15, 0.2) is 60.4 Å². The molecule has 5 heteroatoms. The molecule has 140 valence electrons. The molecule has 1 aliphatic heterocycles. The van der Waals surface area contributed by atoms with Gasteiger partial charge < -0.3 is 9.64 Å². The van der Waals surface area contributed by atoms with Gasteiger partial charge in [-0.3, -0.25) is 0 Å². The predicted octanol–water partition coefficient (Wildman–Crippen LogP) is 4.94. The zero-order valence-corrected chi connectivity index (χ0v) is 16.7. The number of likely N-dealkylation sites (N-methyl/N-ethyl adjacent to an activating group) is 1. The summed E-state index contributed by atoms with van der Waals surface area (Å²) in [5.74, 6) is 1.25. The summed E-state index contributed by atoms with van der Waals surface area (Å²) in [5.41, 5.74) is 5.87. The Hall–Kier alpha value is -2.76. The SMILES string of the molecule is COc1c(-c2ccncn2)ccc2c1CN(C)CC2c1ccc2sccc2c1. The number of fused-ring (bicyclic) bond motifs is 2. The lowest BCUT2D eigenvalue weighted by Gasteiger charge is -2.34. The summed E-state index contributed by atoms with van der Waals surface area (Å²) in [6.45, 7) is 1.87. The normalized spacial score (nSPS) is 16.9. The molecular weight excluding hydrogens is 366 g/mol. The van der Waals surface area contributed by atoms with Crippen LogP contribution < -0.4 is 4.74 Å². The van der Waals surface area contributed by atoms with Crippen LogP contribution in [0.1, 0.15) is 22.6 Å². The van der Waals surface area contributed by atoms with Crippen molar-refractivity contribution in [2.24, 2.45) is 0 Å². The Morgan fingerprint density at radius 3 is 2.89 bits per heavy atom. The second kappa shape index (κ2) is 7.00. The molecule has 1 aliphatic rings. The summed E-state index contributed by atoms with van der Waals surface area (Å²) in [7, 11) is 3.93. The minimum atomic E-state index is 0.325. The first-order valence-corrected chi connectivity index (χ1v) is 10.2. The zero-order valence-electron chi connectivity index (χ0n) is 15.9. The van der Waals surface area contributed by atoms with Crippen molar-refractivity contribution >= 4 is 21.4 Å². The molecule has 5 rings (SSSR count). The van der Waals surface area contributed by atoms with E-state index < -0.39 is 0 Å². The van der Waals surface area contributed by atoms with Gasteiger partial charge in [-0.2, -0.15) is 0 Å². The van der Waals surface area contributed by atoms with E-state index in [4.69, 9.17) is 4.74 Å². The van der Waals surface area contributed by atoms with E-state index >= 15 is 0 Å². The van der Waals surface area contributed by atoms with Crippen molar-refractivity contribution in [3.8, 4) is 17.0 Å². The van der Waals surface area contributed by atoms with Crippen LogP contribution in [0.2, 0.25) is 0 Å². The fourth-order valence-electron chi connectivity index (χ4n) is 4.25. The number of thiophene rings is 1. The molecule has 0 amide bonds. The van der Waals surface area contributed by atoms with Crippen molar-refractivity contribution in [2.75, 3.05) is 20.7 Å². The Balaban J connectivity index is 1.66. The third-order valence-corrected chi connectivity index (χ3v) is 6.43. The maximum absolute atomic E-state index is 5.90.